The Morgan fingerprint density at radius 1 is 0.417 bits per heavy atom. The molecule has 48 heavy (non-hydrogen) atoms. The van der Waals surface area contributed by atoms with E-state index in [-0.39, 0.29) is 0 Å². The summed E-state index contributed by atoms with van der Waals surface area (Å²) >= 11 is 11.3. The van der Waals surface area contributed by atoms with E-state index in [0.717, 1.165) is 96.5 Å². The van der Waals surface area contributed by atoms with Gasteiger partial charge in [0.1, 0.15) is 17.2 Å². The molecular formula is C42H55Br3O3. The van der Waals surface area contributed by atoms with Crippen LogP contribution in [0.3, 0.4) is 0 Å². The molecule has 0 bridgehead atoms. The lowest BCUT2D eigenvalue weighted by atomic mass is 10.0. The number of halogens is 3. The molecule has 0 saturated carbocycles. The summed E-state index contributed by atoms with van der Waals surface area (Å²) in [6.45, 7) is 13.1. The van der Waals surface area contributed by atoms with Gasteiger partial charge in [0.25, 0.3) is 0 Å². The molecule has 0 aromatic heterocycles. The van der Waals surface area contributed by atoms with E-state index in [0.29, 0.717) is 6.61 Å². The second kappa shape index (κ2) is 22.6. The molecule has 0 N–H and O–H groups in total. The van der Waals surface area contributed by atoms with E-state index in [2.05, 4.69) is 143 Å². The molecule has 3 nitrogen and oxygen atoms in total. The van der Waals surface area contributed by atoms with Gasteiger partial charge in [-0.15, -0.1) is 0 Å². The standard InChI is InChI=1S/C42H55Br3O3/c1-6-9-12-15-22-46-40-25-31(4)37(43)27-34(40)19-18-33-30-42(48-24-17-14-11-8-3)36(29-39(33)45)21-20-35-28-38(44)32(5)26-41(35)47-23-16-13-10-7-2/h18-21,25-30H,6-17,22-24H2,1-5H3/b19-18+,21-20+. The summed E-state index contributed by atoms with van der Waals surface area (Å²) in [5, 5.41) is 0. The summed E-state index contributed by atoms with van der Waals surface area (Å²) < 4.78 is 22.2. The fourth-order valence-electron chi connectivity index (χ4n) is 5.31. The molecule has 6 heteroatoms. The van der Waals surface area contributed by atoms with Crippen LogP contribution in [0.5, 0.6) is 17.2 Å². The highest BCUT2D eigenvalue weighted by atomic mass is 79.9. The molecule has 0 amide bonds. The van der Waals surface area contributed by atoms with Crippen molar-refractivity contribution in [1.29, 1.82) is 0 Å². The van der Waals surface area contributed by atoms with Crippen molar-refractivity contribution in [2.45, 2.75) is 112 Å². The fraction of sp³-hybridized carbons (Fsp3) is 0.476. The first-order chi connectivity index (χ1) is 23.3. The van der Waals surface area contributed by atoms with Crippen LogP contribution < -0.4 is 14.2 Å². The van der Waals surface area contributed by atoms with Gasteiger partial charge >= 0.3 is 0 Å². The Kier molecular flexibility index (Phi) is 19.1. The summed E-state index contributed by atoms with van der Waals surface area (Å²) in [5.74, 6) is 2.70. The third-order valence-electron chi connectivity index (χ3n) is 8.36. The maximum Gasteiger partial charge on any atom is 0.127 e. The number of hydrogen-bond donors (Lipinski definition) is 0. The van der Waals surface area contributed by atoms with Crippen LogP contribution in [0.1, 0.15) is 131 Å². The topological polar surface area (TPSA) is 27.7 Å². The van der Waals surface area contributed by atoms with Gasteiger partial charge in [-0.25, -0.2) is 0 Å². The minimum Gasteiger partial charge on any atom is -0.493 e. The van der Waals surface area contributed by atoms with E-state index >= 15 is 0 Å². The summed E-state index contributed by atoms with van der Waals surface area (Å²) in [5.41, 5.74) is 6.50. The molecule has 0 heterocycles. The Labute approximate surface area is 316 Å². The third-order valence-corrected chi connectivity index (χ3v) is 10.8. The maximum absolute atomic E-state index is 6.46. The number of aryl methyl sites for hydroxylation is 2. The predicted molar refractivity (Wildman–Crippen MR) is 219 cm³/mol. The van der Waals surface area contributed by atoms with E-state index in [1.54, 1.807) is 0 Å². The van der Waals surface area contributed by atoms with Crippen molar-refractivity contribution in [1.82, 2.24) is 0 Å². The normalized spacial score (nSPS) is 11.6. The lowest BCUT2D eigenvalue weighted by molar-refractivity contribution is 0.304. The maximum atomic E-state index is 6.46. The summed E-state index contributed by atoms with van der Waals surface area (Å²) in [6, 6.07) is 12.8. The average molecular weight is 848 g/mol. The van der Waals surface area contributed by atoms with Crippen LogP contribution in [-0.4, -0.2) is 19.8 Å². The fourth-order valence-corrected chi connectivity index (χ4v) is 6.53. The van der Waals surface area contributed by atoms with Crippen LogP contribution in [0.15, 0.2) is 49.8 Å². The molecule has 0 aliphatic heterocycles. The lowest BCUT2D eigenvalue weighted by Gasteiger charge is -2.14. The lowest BCUT2D eigenvalue weighted by Crippen LogP contribution is -2.00. The van der Waals surface area contributed by atoms with E-state index in [4.69, 9.17) is 14.2 Å². The molecule has 0 atom stereocenters. The minimum atomic E-state index is 0.689. The van der Waals surface area contributed by atoms with Crippen molar-refractivity contribution in [3.8, 4) is 17.2 Å². The highest BCUT2D eigenvalue weighted by Gasteiger charge is 2.11. The van der Waals surface area contributed by atoms with Gasteiger partial charge < -0.3 is 14.2 Å². The molecular weight excluding hydrogens is 792 g/mol. The van der Waals surface area contributed by atoms with Crippen molar-refractivity contribution in [2.75, 3.05) is 19.8 Å². The van der Waals surface area contributed by atoms with Crippen LogP contribution in [0.4, 0.5) is 0 Å². The molecule has 3 rings (SSSR count). The highest BCUT2D eigenvalue weighted by Crippen LogP contribution is 2.35. The first-order valence-electron chi connectivity index (χ1n) is 18.0. The molecule has 3 aromatic rings. The van der Waals surface area contributed by atoms with Crippen molar-refractivity contribution in [2.24, 2.45) is 0 Å². The van der Waals surface area contributed by atoms with Crippen molar-refractivity contribution in [3.63, 3.8) is 0 Å². The Bertz CT molecular complexity index is 1480. The van der Waals surface area contributed by atoms with Crippen LogP contribution in [0, 0.1) is 13.8 Å². The quantitative estimate of drug-likeness (QED) is 0.0745. The SMILES string of the molecule is CCCCCCOc1cc(C)c(Br)cc1/C=C/c1cc(OCCCCCC)c(/C=C/c2cc(Br)c(C)cc2OCCCCCC)cc1Br. The summed E-state index contributed by atoms with van der Waals surface area (Å²) in [4.78, 5) is 0. The van der Waals surface area contributed by atoms with Crippen molar-refractivity contribution < 1.29 is 14.2 Å². The zero-order valence-electron chi connectivity index (χ0n) is 29.7. The molecule has 0 saturated heterocycles. The number of rotatable bonds is 22. The molecule has 0 aliphatic rings. The van der Waals surface area contributed by atoms with Crippen LogP contribution >= 0.6 is 47.8 Å². The third kappa shape index (κ3) is 13.7. The number of hydrogen-bond acceptors (Lipinski definition) is 3. The van der Waals surface area contributed by atoms with E-state index < -0.39 is 0 Å². The van der Waals surface area contributed by atoms with Gasteiger partial charge in [0, 0.05) is 30.1 Å². The minimum absolute atomic E-state index is 0.689. The van der Waals surface area contributed by atoms with Crippen molar-refractivity contribution >= 4 is 72.1 Å². The van der Waals surface area contributed by atoms with Gasteiger partial charge in [0.15, 0.2) is 0 Å². The Balaban J connectivity index is 1.91. The summed E-state index contributed by atoms with van der Waals surface area (Å²) in [7, 11) is 0. The smallest absolute Gasteiger partial charge is 0.127 e. The van der Waals surface area contributed by atoms with Gasteiger partial charge in [-0.3, -0.25) is 0 Å². The monoisotopic (exact) mass is 844 g/mol. The van der Waals surface area contributed by atoms with Gasteiger partial charge in [0.2, 0.25) is 0 Å². The first kappa shape index (κ1) is 40.4. The first-order valence-corrected chi connectivity index (χ1v) is 20.3. The zero-order chi connectivity index (χ0) is 34.7. The Morgan fingerprint density at radius 3 is 1.12 bits per heavy atom. The molecule has 0 aliphatic carbocycles. The Hall–Kier alpha value is -2.02. The van der Waals surface area contributed by atoms with Gasteiger partial charge in [-0.2, -0.15) is 0 Å². The summed E-state index contributed by atoms with van der Waals surface area (Å²) in [6.07, 6.45) is 22.6. The van der Waals surface area contributed by atoms with Crippen LogP contribution in [0.2, 0.25) is 0 Å². The van der Waals surface area contributed by atoms with E-state index in [1.807, 2.05) is 0 Å². The van der Waals surface area contributed by atoms with Gasteiger partial charge in [-0.1, -0.05) is 151 Å². The Morgan fingerprint density at radius 2 is 0.750 bits per heavy atom. The van der Waals surface area contributed by atoms with E-state index in [1.165, 1.54) is 57.8 Å². The zero-order valence-corrected chi connectivity index (χ0v) is 34.5. The van der Waals surface area contributed by atoms with Crippen LogP contribution in [0.25, 0.3) is 24.3 Å². The van der Waals surface area contributed by atoms with E-state index in [9.17, 15) is 0 Å². The molecule has 0 radical (unpaired) electrons. The molecule has 0 spiro atoms. The number of benzene rings is 3. The highest BCUT2D eigenvalue weighted by molar-refractivity contribution is 9.11. The molecule has 0 unspecified atom stereocenters. The van der Waals surface area contributed by atoms with Gasteiger partial charge in [0.05, 0.1) is 19.8 Å². The molecule has 0 fully saturated rings. The predicted octanol–water partition coefficient (Wildman–Crippen LogP) is 14.8. The second-order valence-corrected chi connectivity index (χ2v) is 15.1. The molecule has 262 valence electrons. The molecule has 3 aromatic carbocycles. The number of unbranched alkanes of at least 4 members (excludes halogenated alkanes) is 9. The largest absolute Gasteiger partial charge is 0.493 e. The second-order valence-electron chi connectivity index (χ2n) is 12.6. The van der Waals surface area contributed by atoms with Gasteiger partial charge in [-0.05, 0) is 86.2 Å². The number of ether oxygens (including phenoxy) is 3. The average Bonchev–Trinajstić information content (AvgIpc) is 3.07. The van der Waals surface area contributed by atoms with Crippen LogP contribution in [-0.2, 0) is 0 Å². The van der Waals surface area contributed by atoms with Crippen molar-refractivity contribution in [3.05, 3.63) is 83.2 Å².